The van der Waals surface area contributed by atoms with Gasteiger partial charge in [0, 0.05) is 15.6 Å². The molecule has 18 heavy (non-hydrogen) atoms. The highest BCUT2D eigenvalue weighted by molar-refractivity contribution is 9.10. The van der Waals surface area contributed by atoms with E-state index in [0.29, 0.717) is 5.56 Å². The number of hydrogen-bond acceptors (Lipinski definition) is 4. The van der Waals surface area contributed by atoms with Crippen LogP contribution in [-0.4, -0.2) is 12.1 Å². The molecule has 0 atom stereocenters. The molecule has 0 aliphatic carbocycles. The fourth-order valence-electron chi connectivity index (χ4n) is 1.34. The molecule has 5 heteroatoms. The zero-order valence-electron chi connectivity index (χ0n) is 9.55. The average Bonchev–Trinajstić information content (AvgIpc) is 2.41. The lowest BCUT2D eigenvalue weighted by atomic mass is 10.2. The number of nitriles is 1. The molecule has 0 saturated carbocycles. The number of methoxy groups -OCH3 is 1. The van der Waals surface area contributed by atoms with E-state index in [-0.39, 0.29) is 0 Å². The lowest BCUT2D eigenvalue weighted by Gasteiger charge is -2.06. The van der Waals surface area contributed by atoms with Gasteiger partial charge in [0.2, 0.25) is 0 Å². The van der Waals surface area contributed by atoms with E-state index in [4.69, 9.17) is 10.00 Å². The van der Waals surface area contributed by atoms with Crippen molar-refractivity contribution in [1.29, 1.82) is 5.26 Å². The van der Waals surface area contributed by atoms with Crippen molar-refractivity contribution in [3.05, 3.63) is 46.6 Å². The summed E-state index contributed by atoms with van der Waals surface area (Å²) in [6, 6.07) is 11.3. The Hall–Kier alpha value is -1.51. The topological polar surface area (TPSA) is 45.9 Å². The van der Waals surface area contributed by atoms with Gasteiger partial charge in [0.1, 0.15) is 16.8 Å². The molecule has 2 rings (SSSR count). The van der Waals surface area contributed by atoms with Gasteiger partial charge < -0.3 is 4.74 Å². The van der Waals surface area contributed by atoms with Gasteiger partial charge in [-0.2, -0.15) is 5.26 Å². The first-order chi connectivity index (χ1) is 8.72. The largest absolute Gasteiger partial charge is 0.497 e. The molecule has 1 aromatic heterocycles. The van der Waals surface area contributed by atoms with Crippen LogP contribution in [-0.2, 0) is 0 Å². The molecule has 0 amide bonds. The molecule has 1 aromatic carbocycles. The third-order valence-electron chi connectivity index (χ3n) is 2.22. The first kappa shape index (κ1) is 12.9. The van der Waals surface area contributed by atoms with Crippen molar-refractivity contribution >= 4 is 27.7 Å². The molecule has 1 heterocycles. The lowest BCUT2D eigenvalue weighted by Crippen LogP contribution is -1.87. The molecule has 90 valence electrons. The second-order valence-electron chi connectivity index (χ2n) is 3.39. The summed E-state index contributed by atoms with van der Waals surface area (Å²) in [5.74, 6) is 0.730. The van der Waals surface area contributed by atoms with Gasteiger partial charge in [-0.05, 0) is 46.3 Å². The van der Waals surface area contributed by atoms with E-state index in [1.807, 2.05) is 18.2 Å². The molecule has 0 unspecified atom stereocenters. The Morgan fingerprint density at radius 3 is 2.78 bits per heavy atom. The summed E-state index contributed by atoms with van der Waals surface area (Å²) in [6.45, 7) is 0. The lowest BCUT2D eigenvalue weighted by molar-refractivity contribution is 0.413. The standard InChI is InChI=1S/C13H9BrN2OS/c1-17-11-4-2-9(7-15)12(6-11)18-13-5-3-10(14)8-16-13/h2-6,8H,1H3. The summed E-state index contributed by atoms with van der Waals surface area (Å²) in [6.07, 6.45) is 1.73. The Balaban J connectivity index is 2.32. The average molecular weight is 321 g/mol. The summed E-state index contributed by atoms with van der Waals surface area (Å²) in [5.41, 5.74) is 0.616. The monoisotopic (exact) mass is 320 g/mol. The van der Waals surface area contributed by atoms with Gasteiger partial charge in [0.05, 0.1) is 12.7 Å². The summed E-state index contributed by atoms with van der Waals surface area (Å²) in [5, 5.41) is 9.91. The molecule has 0 bridgehead atoms. The molecular formula is C13H9BrN2OS. The highest BCUT2D eigenvalue weighted by atomic mass is 79.9. The van der Waals surface area contributed by atoms with Crippen LogP contribution in [0, 0.1) is 11.3 Å². The second-order valence-corrected chi connectivity index (χ2v) is 5.37. The SMILES string of the molecule is COc1ccc(C#N)c(Sc2ccc(Br)cn2)c1. The molecule has 2 aromatic rings. The quantitative estimate of drug-likeness (QED) is 0.861. The third kappa shape index (κ3) is 3.03. The van der Waals surface area contributed by atoms with E-state index in [1.54, 1.807) is 25.4 Å². The highest BCUT2D eigenvalue weighted by Crippen LogP contribution is 2.32. The van der Waals surface area contributed by atoms with Gasteiger partial charge in [-0.15, -0.1) is 0 Å². The number of aromatic nitrogens is 1. The van der Waals surface area contributed by atoms with Crippen molar-refractivity contribution in [2.24, 2.45) is 0 Å². The number of nitrogens with zero attached hydrogens (tertiary/aromatic N) is 2. The predicted octanol–water partition coefficient (Wildman–Crippen LogP) is 3.88. The Bertz CT molecular complexity index is 593. The van der Waals surface area contributed by atoms with E-state index in [1.165, 1.54) is 11.8 Å². The second kappa shape index (κ2) is 5.89. The minimum Gasteiger partial charge on any atom is -0.497 e. The van der Waals surface area contributed by atoms with E-state index in [9.17, 15) is 0 Å². The van der Waals surface area contributed by atoms with Gasteiger partial charge in [-0.1, -0.05) is 11.8 Å². The molecule has 0 spiro atoms. The first-order valence-corrected chi connectivity index (χ1v) is 6.71. The van der Waals surface area contributed by atoms with Crippen LogP contribution in [0.15, 0.2) is 50.9 Å². The highest BCUT2D eigenvalue weighted by Gasteiger charge is 2.07. The van der Waals surface area contributed by atoms with Crippen LogP contribution in [0.25, 0.3) is 0 Å². The van der Waals surface area contributed by atoms with Gasteiger partial charge in [-0.25, -0.2) is 4.98 Å². The third-order valence-corrected chi connectivity index (χ3v) is 3.70. The summed E-state index contributed by atoms with van der Waals surface area (Å²) in [7, 11) is 1.60. The van der Waals surface area contributed by atoms with Crippen LogP contribution in [0.1, 0.15) is 5.56 Å². The minimum atomic E-state index is 0.616. The first-order valence-electron chi connectivity index (χ1n) is 5.10. The molecule has 0 aliphatic rings. The Kier molecular flexibility index (Phi) is 4.24. The Morgan fingerprint density at radius 1 is 1.33 bits per heavy atom. The van der Waals surface area contributed by atoms with E-state index >= 15 is 0 Å². The summed E-state index contributed by atoms with van der Waals surface area (Å²) < 4.78 is 6.09. The smallest absolute Gasteiger partial charge is 0.120 e. The molecular weight excluding hydrogens is 312 g/mol. The maximum absolute atomic E-state index is 9.07. The summed E-state index contributed by atoms with van der Waals surface area (Å²) in [4.78, 5) is 5.11. The van der Waals surface area contributed by atoms with Crippen LogP contribution >= 0.6 is 27.7 Å². The molecule has 0 aliphatic heterocycles. The van der Waals surface area contributed by atoms with Gasteiger partial charge >= 0.3 is 0 Å². The number of ether oxygens (including phenoxy) is 1. The molecule has 0 fully saturated rings. The van der Waals surface area contributed by atoms with Gasteiger partial charge in [-0.3, -0.25) is 0 Å². The van der Waals surface area contributed by atoms with Crippen LogP contribution in [0.5, 0.6) is 5.75 Å². The molecule has 0 radical (unpaired) electrons. The number of benzene rings is 1. The van der Waals surface area contributed by atoms with Crippen LogP contribution < -0.4 is 4.74 Å². The maximum Gasteiger partial charge on any atom is 0.120 e. The van der Waals surface area contributed by atoms with E-state index in [2.05, 4.69) is 27.0 Å². The van der Waals surface area contributed by atoms with Crippen molar-refractivity contribution in [3.63, 3.8) is 0 Å². The van der Waals surface area contributed by atoms with Crippen LogP contribution in [0.2, 0.25) is 0 Å². The van der Waals surface area contributed by atoms with E-state index < -0.39 is 0 Å². The maximum atomic E-state index is 9.07. The van der Waals surface area contributed by atoms with Crippen molar-refractivity contribution in [2.75, 3.05) is 7.11 Å². The van der Waals surface area contributed by atoms with Gasteiger partial charge in [0.15, 0.2) is 0 Å². The van der Waals surface area contributed by atoms with E-state index in [0.717, 1.165) is 20.1 Å². The van der Waals surface area contributed by atoms with Crippen LogP contribution in [0.4, 0.5) is 0 Å². The molecule has 0 N–H and O–H groups in total. The van der Waals surface area contributed by atoms with Crippen molar-refractivity contribution in [2.45, 2.75) is 9.92 Å². The van der Waals surface area contributed by atoms with Gasteiger partial charge in [0.25, 0.3) is 0 Å². The fraction of sp³-hybridized carbons (Fsp3) is 0.0769. The Labute approximate surface area is 118 Å². The number of halogens is 1. The zero-order valence-corrected chi connectivity index (χ0v) is 12.0. The number of rotatable bonds is 3. The number of pyridine rings is 1. The predicted molar refractivity (Wildman–Crippen MR) is 73.8 cm³/mol. The minimum absolute atomic E-state index is 0.616. The number of hydrogen-bond donors (Lipinski definition) is 0. The van der Waals surface area contributed by atoms with Crippen molar-refractivity contribution in [3.8, 4) is 11.8 Å². The van der Waals surface area contributed by atoms with Crippen molar-refractivity contribution < 1.29 is 4.74 Å². The molecule has 0 saturated heterocycles. The fourth-order valence-corrected chi connectivity index (χ4v) is 2.44. The molecule has 3 nitrogen and oxygen atoms in total. The zero-order chi connectivity index (χ0) is 13.0. The van der Waals surface area contributed by atoms with Crippen molar-refractivity contribution in [1.82, 2.24) is 4.98 Å². The van der Waals surface area contributed by atoms with Crippen LogP contribution in [0.3, 0.4) is 0 Å². The Morgan fingerprint density at radius 2 is 2.17 bits per heavy atom. The summed E-state index contributed by atoms with van der Waals surface area (Å²) >= 11 is 4.78. The normalized spacial score (nSPS) is 9.83.